The molecule has 0 radical (unpaired) electrons. The van der Waals surface area contributed by atoms with Gasteiger partial charge in [-0.3, -0.25) is 0 Å². The average Bonchev–Trinajstić information content (AvgIpc) is 2.83. The molecule has 0 bridgehead atoms. The van der Waals surface area contributed by atoms with Gasteiger partial charge in [0.25, 0.3) is 0 Å². The number of benzene rings is 1. The minimum absolute atomic E-state index is 1.06. The molecule has 1 unspecified atom stereocenters. The van der Waals surface area contributed by atoms with Gasteiger partial charge in [0.1, 0.15) is 0 Å². The van der Waals surface area contributed by atoms with Crippen molar-refractivity contribution in [2.45, 2.75) is 6.55 Å². The number of hydrogen-bond donors (Lipinski definition) is 0. The SMILES string of the molecule is C=C[Si](C)(c1ccccc1)c1ccco1. The van der Waals surface area contributed by atoms with Gasteiger partial charge in [-0.15, -0.1) is 6.58 Å². The maximum atomic E-state index is 5.53. The molecule has 2 heteroatoms. The Morgan fingerprint density at radius 1 is 1.13 bits per heavy atom. The van der Waals surface area contributed by atoms with Crippen LogP contribution in [-0.4, -0.2) is 8.07 Å². The molecule has 2 rings (SSSR count). The Bertz CT molecular complexity index is 433. The molecule has 76 valence electrons. The van der Waals surface area contributed by atoms with Crippen LogP contribution in [0.4, 0.5) is 0 Å². The van der Waals surface area contributed by atoms with Gasteiger partial charge in [0.2, 0.25) is 0 Å². The molecule has 0 aliphatic carbocycles. The lowest BCUT2D eigenvalue weighted by Gasteiger charge is -2.20. The van der Waals surface area contributed by atoms with Gasteiger partial charge in [0.15, 0.2) is 8.07 Å². The van der Waals surface area contributed by atoms with Gasteiger partial charge in [0.05, 0.1) is 11.6 Å². The lowest BCUT2D eigenvalue weighted by atomic mass is 10.4. The molecule has 0 amide bonds. The maximum Gasteiger partial charge on any atom is 0.182 e. The molecule has 0 saturated heterocycles. The van der Waals surface area contributed by atoms with Crippen molar-refractivity contribution in [2.24, 2.45) is 0 Å². The fourth-order valence-electron chi connectivity index (χ4n) is 1.72. The van der Waals surface area contributed by atoms with E-state index in [1.165, 1.54) is 5.19 Å². The van der Waals surface area contributed by atoms with Crippen molar-refractivity contribution in [2.75, 3.05) is 0 Å². The van der Waals surface area contributed by atoms with Crippen molar-refractivity contribution in [3.05, 3.63) is 61.0 Å². The smallest absolute Gasteiger partial charge is 0.182 e. The van der Waals surface area contributed by atoms with E-state index < -0.39 is 8.07 Å². The van der Waals surface area contributed by atoms with Crippen LogP contribution < -0.4 is 10.6 Å². The van der Waals surface area contributed by atoms with Gasteiger partial charge < -0.3 is 4.42 Å². The third-order valence-electron chi connectivity index (χ3n) is 2.81. The molecule has 0 spiro atoms. The average molecular weight is 214 g/mol. The third-order valence-corrected chi connectivity index (χ3v) is 6.47. The Kier molecular flexibility index (Phi) is 2.60. The molecule has 0 aliphatic heterocycles. The highest BCUT2D eigenvalue weighted by Gasteiger charge is 2.31. The summed E-state index contributed by atoms with van der Waals surface area (Å²) in [6.45, 7) is 6.21. The fourth-order valence-corrected chi connectivity index (χ4v) is 4.08. The van der Waals surface area contributed by atoms with Crippen molar-refractivity contribution in [3.8, 4) is 0 Å². The quantitative estimate of drug-likeness (QED) is 0.714. The molecule has 0 saturated carbocycles. The fraction of sp³-hybridized carbons (Fsp3) is 0.0769. The predicted octanol–water partition coefficient (Wildman–Crippen LogP) is 2.20. The summed E-state index contributed by atoms with van der Waals surface area (Å²) in [7, 11) is -1.83. The summed E-state index contributed by atoms with van der Waals surface area (Å²) in [5.74, 6) is 0. The zero-order chi connectivity index (χ0) is 10.7. The van der Waals surface area contributed by atoms with E-state index in [1.54, 1.807) is 6.26 Å². The molecular weight excluding hydrogens is 200 g/mol. The van der Waals surface area contributed by atoms with E-state index in [-0.39, 0.29) is 0 Å². The normalized spacial score (nSPS) is 14.5. The van der Waals surface area contributed by atoms with Crippen molar-refractivity contribution in [1.82, 2.24) is 0 Å². The van der Waals surface area contributed by atoms with Gasteiger partial charge in [-0.25, -0.2) is 0 Å². The lowest BCUT2D eigenvalue weighted by molar-refractivity contribution is 0.598. The largest absolute Gasteiger partial charge is 0.474 e. The van der Waals surface area contributed by atoms with Crippen LogP contribution in [0, 0.1) is 0 Å². The lowest BCUT2D eigenvalue weighted by Crippen LogP contribution is -2.53. The number of rotatable bonds is 3. The second-order valence-corrected chi connectivity index (χ2v) is 7.63. The maximum absolute atomic E-state index is 5.53. The molecule has 2 aromatic rings. The molecule has 15 heavy (non-hydrogen) atoms. The van der Waals surface area contributed by atoms with Gasteiger partial charge in [-0.2, -0.15) is 0 Å². The van der Waals surface area contributed by atoms with E-state index in [9.17, 15) is 0 Å². The van der Waals surface area contributed by atoms with Crippen LogP contribution >= 0.6 is 0 Å². The van der Waals surface area contributed by atoms with Crippen LogP contribution in [0.3, 0.4) is 0 Å². The van der Waals surface area contributed by atoms with Crippen LogP contribution in [-0.2, 0) is 0 Å². The van der Waals surface area contributed by atoms with Crippen LogP contribution in [0.15, 0.2) is 65.4 Å². The topological polar surface area (TPSA) is 13.1 Å². The van der Waals surface area contributed by atoms with E-state index in [1.807, 2.05) is 18.2 Å². The minimum Gasteiger partial charge on any atom is -0.474 e. The summed E-state index contributed by atoms with van der Waals surface area (Å²) in [5, 5.41) is 2.39. The van der Waals surface area contributed by atoms with Gasteiger partial charge in [-0.05, 0) is 17.3 Å². The first-order valence-electron chi connectivity index (χ1n) is 5.00. The third kappa shape index (κ3) is 1.68. The van der Waals surface area contributed by atoms with E-state index in [0.717, 1.165) is 5.38 Å². The zero-order valence-corrected chi connectivity index (χ0v) is 9.81. The molecule has 0 N–H and O–H groups in total. The molecule has 1 atom stereocenters. The van der Waals surface area contributed by atoms with Crippen LogP contribution in [0.1, 0.15) is 0 Å². The Morgan fingerprint density at radius 2 is 1.87 bits per heavy atom. The summed E-state index contributed by atoms with van der Waals surface area (Å²) in [6, 6.07) is 14.4. The van der Waals surface area contributed by atoms with Crippen LogP contribution in [0.5, 0.6) is 0 Å². The number of furan rings is 1. The van der Waals surface area contributed by atoms with E-state index >= 15 is 0 Å². The van der Waals surface area contributed by atoms with Gasteiger partial charge >= 0.3 is 0 Å². The minimum atomic E-state index is -1.83. The predicted molar refractivity (Wildman–Crippen MR) is 66.2 cm³/mol. The van der Waals surface area contributed by atoms with Gasteiger partial charge in [-0.1, -0.05) is 42.6 Å². The molecule has 1 aromatic heterocycles. The molecule has 0 fully saturated rings. The van der Waals surface area contributed by atoms with Crippen molar-refractivity contribution in [3.63, 3.8) is 0 Å². The Balaban J connectivity index is 2.52. The van der Waals surface area contributed by atoms with E-state index in [2.05, 4.69) is 43.1 Å². The zero-order valence-electron chi connectivity index (χ0n) is 8.81. The first kappa shape index (κ1) is 9.99. The number of hydrogen-bond acceptors (Lipinski definition) is 1. The molecular formula is C13H14OSi. The summed E-state index contributed by atoms with van der Waals surface area (Å²) in [5.41, 5.74) is 2.06. The Morgan fingerprint density at radius 3 is 2.40 bits per heavy atom. The summed E-state index contributed by atoms with van der Waals surface area (Å²) in [6.07, 6.45) is 1.73. The Hall–Kier alpha value is -1.54. The molecule has 1 heterocycles. The first-order valence-corrected chi connectivity index (χ1v) is 7.58. The van der Waals surface area contributed by atoms with Crippen molar-refractivity contribution >= 4 is 18.6 Å². The van der Waals surface area contributed by atoms with Crippen molar-refractivity contribution in [1.29, 1.82) is 0 Å². The highest BCUT2D eigenvalue weighted by Crippen LogP contribution is 2.06. The summed E-state index contributed by atoms with van der Waals surface area (Å²) < 4.78 is 5.53. The molecule has 1 nitrogen and oxygen atoms in total. The Labute approximate surface area is 91.1 Å². The van der Waals surface area contributed by atoms with Gasteiger partial charge in [0, 0.05) is 0 Å². The first-order chi connectivity index (χ1) is 7.27. The van der Waals surface area contributed by atoms with Crippen LogP contribution in [0.25, 0.3) is 0 Å². The molecule has 1 aromatic carbocycles. The highest BCUT2D eigenvalue weighted by atomic mass is 28.3. The van der Waals surface area contributed by atoms with Crippen LogP contribution in [0.2, 0.25) is 6.55 Å². The second-order valence-electron chi connectivity index (χ2n) is 3.75. The highest BCUT2D eigenvalue weighted by molar-refractivity contribution is 7.04. The standard InChI is InChI=1S/C13H14OSi/c1-3-15(2,13-10-7-11-14-13)12-8-5-4-6-9-12/h3-11H,1H2,2H3. The van der Waals surface area contributed by atoms with E-state index in [0.29, 0.717) is 0 Å². The van der Waals surface area contributed by atoms with Crippen molar-refractivity contribution < 1.29 is 4.42 Å². The molecule has 0 aliphatic rings. The second kappa shape index (κ2) is 3.91. The summed E-state index contributed by atoms with van der Waals surface area (Å²) >= 11 is 0. The monoisotopic (exact) mass is 214 g/mol. The van der Waals surface area contributed by atoms with E-state index in [4.69, 9.17) is 4.42 Å². The summed E-state index contributed by atoms with van der Waals surface area (Å²) in [4.78, 5) is 0.